The van der Waals surface area contributed by atoms with Gasteiger partial charge in [-0.3, -0.25) is 0 Å². The number of hydrogen-bond donors (Lipinski definition) is 0. The molecule has 0 unspecified atom stereocenters. The largest absolute Gasteiger partial charge is 0.309 e. The van der Waals surface area contributed by atoms with Crippen LogP contribution in [0.1, 0.15) is 0 Å². The second kappa shape index (κ2) is 11.4. The zero-order valence-electron chi connectivity index (χ0n) is 27.0. The van der Waals surface area contributed by atoms with Gasteiger partial charge in [0.15, 0.2) is 17.5 Å². The summed E-state index contributed by atoms with van der Waals surface area (Å²) in [5.41, 5.74) is 9.67. The molecule has 0 spiro atoms. The van der Waals surface area contributed by atoms with Crippen molar-refractivity contribution in [3.05, 3.63) is 176 Å². The Bertz CT molecular complexity index is 2800. The van der Waals surface area contributed by atoms with Crippen LogP contribution in [0.5, 0.6) is 0 Å². The van der Waals surface area contributed by atoms with Gasteiger partial charge >= 0.3 is 0 Å². The predicted octanol–water partition coefficient (Wildman–Crippen LogP) is 11.1. The zero-order valence-corrected chi connectivity index (χ0v) is 27.0. The van der Waals surface area contributed by atoms with Crippen LogP contribution in [0, 0.1) is 0 Å². The van der Waals surface area contributed by atoms with Crippen molar-refractivity contribution in [1.29, 1.82) is 0 Å². The molecule has 0 fully saturated rings. The third-order valence-electron chi connectivity index (χ3n) is 9.55. The van der Waals surface area contributed by atoms with E-state index in [4.69, 9.17) is 15.0 Å². The monoisotopic (exact) mass is 639 g/mol. The lowest BCUT2D eigenvalue weighted by molar-refractivity contribution is 1.07. The fourth-order valence-electron chi connectivity index (χ4n) is 7.35. The molecule has 0 amide bonds. The molecule has 5 nitrogen and oxygen atoms in total. The average molecular weight is 640 g/mol. The maximum Gasteiger partial charge on any atom is 0.164 e. The molecule has 0 radical (unpaired) electrons. The molecule has 234 valence electrons. The Morgan fingerprint density at radius 2 is 0.820 bits per heavy atom. The molecule has 0 N–H and O–H groups in total. The summed E-state index contributed by atoms with van der Waals surface area (Å²) >= 11 is 0. The lowest BCUT2D eigenvalue weighted by atomic mass is 10.1. The van der Waals surface area contributed by atoms with Gasteiger partial charge in [-0.15, -0.1) is 0 Å². The van der Waals surface area contributed by atoms with Gasteiger partial charge < -0.3 is 9.13 Å². The van der Waals surface area contributed by atoms with Crippen molar-refractivity contribution in [2.24, 2.45) is 0 Å². The number of rotatable bonds is 5. The number of para-hydroxylation sites is 3. The minimum Gasteiger partial charge on any atom is -0.309 e. The normalized spacial score (nSPS) is 11.6. The topological polar surface area (TPSA) is 48.5 Å². The number of benzene rings is 7. The number of aromatic nitrogens is 5. The highest BCUT2D eigenvalue weighted by Gasteiger charge is 2.21. The first-order valence-corrected chi connectivity index (χ1v) is 16.8. The Hall–Kier alpha value is -6.85. The Labute approximate surface area is 288 Å². The minimum absolute atomic E-state index is 0.631. The van der Waals surface area contributed by atoms with Gasteiger partial charge in [0.2, 0.25) is 0 Å². The predicted molar refractivity (Wildman–Crippen MR) is 205 cm³/mol. The number of fused-ring (bicyclic) bond motifs is 7. The van der Waals surface area contributed by atoms with Gasteiger partial charge in [0.1, 0.15) is 0 Å². The molecule has 5 heteroatoms. The molecule has 0 bridgehead atoms. The maximum absolute atomic E-state index is 5.04. The molecule has 10 rings (SSSR count). The smallest absolute Gasteiger partial charge is 0.164 e. The molecule has 7 aromatic carbocycles. The van der Waals surface area contributed by atoms with E-state index >= 15 is 0 Å². The third kappa shape index (κ3) is 4.45. The van der Waals surface area contributed by atoms with Gasteiger partial charge in [-0.1, -0.05) is 133 Å². The highest BCUT2D eigenvalue weighted by Crippen LogP contribution is 2.42. The lowest BCUT2D eigenvalue weighted by Gasteiger charge is -2.12. The summed E-state index contributed by atoms with van der Waals surface area (Å²) in [6, 6.07) is 61.4. The summed E-state index contributed by atoms with van der Waals surface area (Å²) in [4.78, 5) is 15.0. The van der Waals surface area contributed by atoms with Crippen LogP contribution in [-0.2, 0) is 0 Å². The molecule has 0 aliphatic carbocycles. The molecule has 0 saturated heterocycles. The lowest BCUT2D eigenvalue weighted by Crippen LogP contribution is -2.01. The molecule has 0 saturated carbocycles. The standard InChI is InChI=1S/C45H29N5/c1-4-15-30(16-5-1)43-46-44(31-17-6-2-7-18-31)48-45(47-43)32-19-14-22-34(29-32)50-38-25-12-10-23-35(38)36-27-28-40-41(42(36)50)37-24-11-13-26-39(37)49(40)33-20-8-3-9-21-33/h1-29H. The highest BCUT2D eigenvalue weighted by atomic mass is 15.0. The van der Waals surface area contributed by atoms with E-state index in [2.05, 4.69) is 124 Å². The Morgan fingerprint density at radius 3 is 1.48 bits per heavy atom. The van der Waals surface area contributed by atoms with Gasteiger partial charge in [0.25, 0.3) is 0 Å². The molecule has 0 aliphatic heterocycles. The van der Waals surface area contributed by atoms with Crippen molar-refractivity contribution >= 4 is 43.6 Å². The Morgan fingerprint density at radius 1 is 0.320 bits per heavy atom. The van der Waals surface area contributed by atoms with Crippen molar-refractivity contribution in [3.8, 4) is 45.5 Å². The van der Waals surface area contributed by atoms with Gasteiger partial charge in [-0.2, -0.15) is 0 Å². The summed E-state index contributed by atoms with van der Waals surface area (Å²) in [6.07, 6.45) is 0. The van der Waals surface area contributed by atoms with Gasteiger partial charge in [-0.05, 0) is 42.5 Å². The second-order valence-electron chi connectivity index (χ2n) is 12.5. The van der Waals surface area contributed by atoms with Gasteiger partial charge in [-0.25, -0.2) is 15.0 Å². The van der Waals surface area contributed by atoms with Crippen LogP contribution < -0.4 is 0 Å². The van der Waals surface area contributed by atoms with Gasteiger partial charge in [0, 0.05) is 49.6 Å². The van der Waals surface area contributed by atoms with E-state index < -0.39 is 0 Å². The molecular formula is C45H29N5. The van der Waals surface area contributed by atoms with Crippen molar-refractivity contribution in [2.45, 2.75) is 0 Å². The molecule has 10 aromatic rings. The van der Waals surface area contributed by atoms with E-state index in [1.165, 1.54) is 38.1 Å². The Kier molecular flexibility index (Phi) is 6.42. The molecule has 0 aliphatic rings. The van der Waals surface area contributed by atoms with Crippen LogP contribution >= 0.6 is 0 Å². The van der Waals surface area contributed by atoms with E-state index in [0.717, 1.165) is 33.6 Å². The van der Waals surface area contributed by atoms with E-state index in [-0.39, 0.29) is 0 Å². The van der Waals surface area contributed by atoms with Crippen molar-refractivity contribution in [2.75, 3.05) is 0 Å². The summed E-state index contributed by atoms with van der Waals surface area (Å²) in [6.45, 7) is 0. The summed E-state index contributed by atoms with van der Waals surface area (Å²) < 4.78 is 4.79. The summed E-state index contributed by atoms with van der Waals surface area (Å²) in [5, 5.41) is 4.87. The summed E-state index contributed by atoms with van der Waals surface area (Å²) in [5.74, 6) is 1.92. The van der Waals surface area contributed by atoms with E-state index in [1.807, 2.05) is 60.7 Å². The number of nitrogens with zero attached hydrogens (tertiary/aromatic N) is 5. The van der Waals surface area contributed by atoms with E-state index in [1.54, 1.807) is 0 Å². The van der Waals surface area contributed by atoms with Crippen LogP contribution in [0.15, 0.2) is 176 Å². The maximum atomic E-state index is 5.04. The molecular weight excluding hydrogens is 611 g/mol. The fourth-order valence-corrected chi connectivity index (χ4v) is 7.35. The average Bonchev–Trinajstić information content (AvgIpc) is 3.72. The van der Waals surface area contributed by atoms with Crippen LogP contribution in [0.4, 0.5) is 0 Å². The molecule has 50 heavy (non-hydrogen) atoms. The fraction of sp³-hybridized carbons (Fsp3) is 0. The van der Waals surface area contributed by atoms with Crippen LogP contribution in [0.2, 0.25) is 0 Å². The van der Waals surface area contributed by atoms with Gasteiger partial charge in [0.05, 0.1) is 22.1 Å². The zero-order chi connectivity index (χ0) is 33.0. The molecule has 0 atom stereocenters. The quantitative estimate of drug-likeness (QED) is 0.188. The number of hydrogen-bond acceptors (Lipinski definition) is 3. The Balaban J connectivity index is 1.25. The molecule has 3 aromatic heterocycles. The third-order valence-corrected chi connectivity index (χ3v) is 9.55. The van der Waals surface area contributed by atoms with Crippen LogP contribution in [-0.4, -0.2) is 24.1 Å². The van der Waals surface area contributed by atoms with E-state index in [9.17, 15) is 0 Å². The van der Waals surface area contributed by atoms with Crippen molar-refractivity contribution in [3.63, 3.8) is 0 Å². The molecule has 3 heterocycles. The van der Waals surface area contributed by atoms with Crippen molar-refractivity contribution < 1.29 is 0 Å². The second-order valence-corrected chi connectivity index (χ2v) is 12.5. The van der Waals surface area contributed by atoms with Crippen LogP contribution in [0.3, 0.4) is 0 Å². The first-order valence-electron chi connectivity index (χ1n) is 16.8. The summed E-state index contributed by atoms with van der Waals surface area (Å²) in [7, 11) is 0. The minimum atomic E-state index is 0.631. The first-order chi connectivity index (χ1) is 24.8. The SMILES string of the molecule is c1ccc(-c2nc(-c3ccccc3)nc(-c3cccc(-n4c5ccccc5c5ccc6c(c7ccccc7n6-c6ccccc6)c54)c3)n2)cc1. The van der Waals surface area contributed by atoms with Crippen molar-refractivity contribution in [1.82, 2.24) is 24.1 Å². The van der Waals surface area contributed by atoms with E-state index in [0.29, 0.717) is 17.5 Å². The first kappa shape index (κ1) is 28.2. The highest BCUT2D eigenvalue weighted by molar-refractivity contribution is 6.26. The van der Waals surface area contributed by atoms with Crippen LogP contribution in [0.25, 0.3) is 89.2 Å².